The Labute approximate surface area is 119 Å². The molecule has 0 radical (unpaired) electrons. The Morgan fingerprint density at radius 3 is 2.56 bits per heavy atom. The number of amides is 1. The Morgan fingerprint density at radius 1 is 1.22 bits per heavy atom. The van der Waals surface area contributed by atoms with Crippen LogP contribution in [0.2, 0.25) is 0 Å². The molecule has 0 spiro atoms. The summed E-state index contributed by atoms with van der Waals surface area (Å²) in [7, 11) is 0. The van der Waals surface area contributed by atoms with Crippen LogP contribution in [-0.2, 0) is 9.59 Å². The van der Waals surface area contributed by atoms with Crippen molar-refractivity contribution in [2.75, 3.05) is 5.32 Å². The molecule has 0 heterocycles. The van der Waals surface area contributed by atoms with E-state index in [2.05, 4.69) is 27.9 Å². The maximum absolute atomic E-state index is 12.1. The minimum absolute atomic E-state index is 0.177. The third-order valence-corrected chi connectivity index (χ3v) is 4.24. The lowest BCUT2D eigenvalue weighted by atomic mass is 9.95. The number of halogens is 1. The molecule has 1 aliphatic rings. The van der Waals surface area contributed by atoms with Crippen molar-refractivity contribution in [1.82, 2.24) is 0 Å². The molecule has 2 atom stereocenters. The summed E-state index contributed by atoms with van der Waals surface area (Å²) in [5.74, 6) is -1.98. The lowest BCUT2D eigenvalue weighted by Crippen LogP contribution is -2.30. The molecule has 1 fully saturated rings. The molecule has 0 bridgehead atoms. The van der Waals surface area contributed by atoms with Crippen molar-refractivity contribution in [1.29, 1.82) is 0 Å². The van der Waals surface area contributed by atoms with Gasteiger partial charge in [0, 0.05) is 3.57 Å². The van der Waals surface area contributed by atoms with E-state index < -0.39 is 17.8 Å². The van der Waals surface area contributed by atoms with Gasteiger partial charge in [-0.25, -0.2) is 0 Å². The molecule has 1 amide bonds. The highest BCUT2D eigenvalue weighted by molar-refractivity contribution is 14.1. The zero-order valence-corrected chi connectivity index (χ0v) is 11.9. The topological polar surface area (TPSA) is 66.4 Å². The Bertz CT molecular complexity index is 475. The van der Waals surface area contributed by atoms with E-state index in [0.29, 0.717) is 12.8 Å². The number of hydrogen-bond donors (Lipinski definition) is 2. The highest BCUT2D eigenvalue weighted by atomic mass is 127. The van der Waals surface area contributed by atoms with E-state index >= 15 is 0 Å². The number of carboxylic acids is 1. The Morgan fingerprint density at radius 2 is 1.89 bits per heavy atom. The van der Waals surface area contributed by atoms with Gasteiger partial charge in [0.25, 0.3) is 0 Å². The van der Waals surface area contributed by atoms with Gasteiger partial charge in [-0.3, -0.25) is 9.59 Å². The molecule has 0 aliphatic heterocycles. The molecule has 1 aromatic rings. The zero-order valence-electron chi connectivity index (χ0n) is 9.73. The molecule has 0 unspecified atom stereocenters. The first-order valence-electron chi connectivity index (χ1n) is 5.88. The van der Waals surface area contributed by atoms with Gasteiger partial charge in [0.05, 0.1) is 17.5 Å². The number of carbonyl (C=O) groups is 2. The van der Waals surface area contributed by atoms with Gasteiger partial charge in [0.2, 0.25) is 5.91 Å². The molecule has 96 valence electrons. The van der Waals surface area contributed by atoms with E-state index in [0.717, 1.165) is 15.7 Å². The van der Waals surface area contributed by atoms with Crippen LogP contribution in [0.1, 0.15) is 19.3 Å². The van der Waals surface area contributed by atoms with Gasteiger partial charge in [-0.05, 0) is 47.6 Å². The first-order chi connectivity index (χ1) is 8.59. The molecule has 0 saturated heterocycles. The largest absolute Gasteiger partial charge is 0.481 e. The number of hydrogen-bond acceptors (Lipinski definition) is 2. The Kier molecular flexibility index (Phi) is 4.21. The lowest BCUT2D eigenvalue weighted by molar-refractivity contribution is -0.145. The van der Waals surface area contributed by atoms with Crippen molar-refractivity contribution in [3.05, 3.63) is 27.8 Å². The number of anilines is 1. The molecule has 18 heavy (non-hydrogen) atoms. The SMILES string of the molecule is O=C(O)[C@H]1CCC[C@H]1C(=O)Nc1ccccc1I. The van der Waals surface area contributed by atoms with Crippen molar-refractivity contribution in [2.24, 2.45) is 11.8 Å². The van der Waals surface area contributed by atoms with Crippen LogP contribution in [0.5, 0.6) is 0 Å². The van der Waals surface area contributed by atoms with E-state index in [-0.39, 0.29) is 5.91 Å². The van der Waals surface area contributed by atoms with E-state index in [4.69, 9.17) is 5.11 Å². The standard InChI is InChI=1S/C13H14INO3/c14-10-6-1-2-7-11(10)15-12(16)8-4-3-5-9(8)13(17)18/h1-2,6-9H,3-5H2,(H,15,16)(H,17,18)/t8-,9+/m1/s1. The smallest absolute Gasteiger partial charge is 0.307 e. The number of rotatable bonds is 3. The van der Waals surface area contributed by atoms with Crippen LogP contribution in [0.25, 0.3) is 0 Å². The number of nitrogens with one attached hydrogen (secondary N) is 1. The molecule has 2 rings (SSSR count). The number of carboxylic acid groups (broad SMARTS) is 1. The summed E-state index contributed by atoms with van der Waals surface area (Å²) >= 11 is 2.14. The van der Waals surface area contributed by atoms with Crippen molar-refractivity contribution in [3.63, 3.8) is 0 Å². The normalized spacial score (nSPS) is 22.7. The predicted molar refractivity (Wildman–Crippen MR) is 76.3 cm³/mol. The van der Waals surface area contributed by atoms with Crippen LogP contribution < -0.4 is 5.32 Å². The monoisotopic (exact) mass is 359 g/mol. The van der Waals surface area contributed by atoms with E-state index in [1.807, 2.05) is 24.3 Å². The fourth-order valence-electron chi connectivity index (χ4n) is 2.36. The molecular formula is C13H14INO3. The highest BCUT2D eigenvalue weighted by Gasteiger charge is 2.37. The van der Waals surface area contributed by atoms with Gasteiger partial charge in [-0.15, -0.1) is 0 Å². The molecular weight excluding hydrogens is 345 g/mol. The first kappa shape index (κ1) is 13.3. The zero-order chi connectivity index (χ0) is 13.1. The van der Waals surface area contributed by atoms with Gasteiger partial charge in [0.1, 0.15) is 0 Å². The maximum Gasteiger partial charge on any atom is 0.307 e. The second-order valence-electron chi connectivity index (χ2n) is 4.45. The van der Waals surface area contributed by atoms with Crippen LogP contribution in [-0.4, -0.2) is 17.0 Å². The van der Waals surface area contributed by atoms with Crippen molar-refractivity contribution in [2.45, 2.75) is 19.3 Å². The summed E-state index contributed by atoms with van der Waals surface area (Å²) < 4.78 is 0.952. The average molecular weight is 359 g/mol. The minimum atomic E-state index is -0.865. The highest BCUT2D eigenvalue weighted by Crippen LogP contribution is 2.33. The third-order valence-electron chi connectivity index (χ3n) is 3.30. The minimum Gasteiger partial charge on any atom is -0.481 e. The number of carbonyl (C=O) groups excluding carboxylic acids is 1. The molecule has 5 heteroatoms. The fourth-order valence-corrected chi connectivity index (χ4v) is 2.88. The predicted octanol–water partition coefficient (Wildman–Crippen LogP) is 2.73. The summed E-state index contributed by atoms with van der Waals surface area (Å²) in [4.78, 5) is 23.2. The van der Waals surface area contributed by atoms with Crippen molar-refractivity contribution >= 4 is 40.2 Å². The average Bonchev–Trinajstić information content (AvgIpc) is 2.81. The van der Waals surface area contributed by atoms with Crippen LogP contribution >= 0.6 is 22.6 Å². The van der Waals surface area contributed by atoms with E-state index in [1.165, 1.54) is 0 Å². The summed E-state index contributed by atoms with van der Waals surface area (Å²) in [6.45, 7) is 0. The Balaban J connectivity index is 2.08. The van der Waals surface area contributed by atoms with Gasteiger partial charge >= 0.3 is 5.97 Å². The number of aliphatic carboxylic acids is 1. The molecule has 0 aromatic heterocycles. The summed E-state index contributed by atoms with van der Waals surface area (Å²) in [5.41, 5.74) is 0.749. The second-order valence-corrected chi connectivity index (χ2v) is 5.61. The number of benzene rings is 1. The third kappa shape index (κ3) is 2.82. The van der Waals surface area contributed by atoms with Crippen LogP contribution in [0, 0.1) is 15.4 Å². The van der Waals surface area contributed by atoms with E-state index in [1.54, 1.807) is 0 Å². The summed E-state index contributed by atoms with van der Waals surface area (Å²) in [6, 6.07) is 7.47. The van der Waals surface area contributed by atoms with Crippen LogP contribution in [0.4, 0.5) is 5.69 Å². The quantitative estimate of drug-likeness (QED) is 0.816. The molecule has 1 saturated carbocycles. The van der Waals surface area contributed by atoms with Gasteiger partial charge in [0.15, 0.2) is 0 Å². The van der Waals surface area contributed by atoms with Gasteiger partial charge in [-0.2, -0.15) is 0 Å². The van der Waals surface area contributed by atoms with Gasteiger partial charge in [-0.1, -0.05) is 18.6 Å². The maximum atomic E-state index is 12.1. The number of para-hydroxylation sites is 1. The first-order valence-corrected chi connectivity index (χ1v) is 6.95. The van der Waals surface area contributed by atoms with Crippen LogP contribution in [0.3, 0.4) is 0 Å². The Hall–Kier alpha value is -1.11. The second kappa shape index (κ2) is 5.69. The van der Waals surface area contributed by atoms with Crippen molar-refractivity contribution in [3.8, 4) is 0 Å². The molecule has 4 nitrogen and oxygen atoms in total. The fraction of sp³-hybridized carbons (Fsp3) is 0.385. The summed E-state index contributed by atoms with van der Waals surface area (Å²) in [6.07, 6.45) is 2.06. The van der Waals surface area contributed by atoms with Gasteiger partial charge < -0.3 is 10.4 Å². The van der Waals surface area contributed by atoms with Crippen LogP contribution in [0.15, 0.2) is 24.3 Å². The lowest BCUT2D eigenvalue weighted by Gasteiger charge is -2.16. The summed E-state index contributed by atoms with van der Waals surface area (Å²) in [5, 5.41) is 11.9. The molecule has 1 aromatic carbocycles. The van der Waals surface area contributed by atoms with Crippen molar-refractivity contribution < 1.29 is 14.7 Å². The van der Waals surface area contributed by atoms with E-state index in [9.17, 15) is 9.59 Å². The molecule has 1 aliphatic carbocycles. The molecule has 2 N–H and O–H groups in total.